The number of benzene rings is 4. The maximum atomic E-state index is 14.7. The molecule has 0 radical (unpaired) electrons. The van der Waals surface area contributed by atoms with Crippen LogP contribution in [0.3, 0.4) is 0 Å². The van der Waals surface area contributed by atoms with Gasteiger partial charge in [0, 0.05) is 10.0 Å². The largest absolute Gasteiger partial charge is 0.497 e. The molecular formula is C31H26Br2Cl2O3. The second-order valence-corrected chi connectivity index (χ2v) is 11.7. The normalized spacial score (nSPS) is 14.3. The first-order valence-corrected chi connectivity index (χ1v) is 14.5. The van der Waals surface area contributed by atoms with Gasteiger partial charge in [0.05, 0.1) is 35.7 Å². The van der Waals surface area contributed by atoms with Crippen molar-refractivity contribution in [3.8, 4) is 11.5 Å². The molecular weight excluding hydrogens is 651 g/mol. The van der Waals surface area contributed by atoms with Crippen LogP contribution in [0.2, 0.25) is 10.0 Å². The van der Waals surface area contributed by atoms with Gasteiger partial charge in [0.2, 0.25) is 0 Å². The van der Waals surface area contributed by atoms with Crippen molar-refractivity contribution >= 4 is 60.8 Å². The van der Waals surface area contributed by atoms with E-state index in [1.807, 2.05) is 97.1 Å². The zero-order valence-corrected chi connectivity index (χ0v) is 25.5. The van der Waals surface area contributed by atoms with Crippen LogP contribution in [0.4, 0.5) is 0 Å². The third-order valence-electron chi connectivity index (χ3n) is 6.53. The summed E-state index contributed by atoms with van der Waals surface area (Å²) in [5, 5.41) is 1.22. The number of alkyl halides is 2. The fraction of sp³-hybridized carbons (Fsp3) is 0.194. The summed E-state index contributed by atoms with van der Waals surface area (Å²) in [7, 11) is 3.26. The van der Waals surface area contributed by atoms with E-state index in [1.165, 1.54) is 0 Å². The molecule has 0 heterocycles. The lowest BCUT2D eigenvalue weighted by atomic mass is 9.78. The number of carbonyl (C=O) groups is 1. The van der Waals surface area contributed by atoms with Crippen molar-refractivity contribution in [3.05, 3.63) is 129 Å². The molecule has 0 amide bonds. The SMILES string of the molecule is COc1ccc(C(Br)C(C(=O)C(c2ccc(Cl)cc2)C(Br)c2ccc(OC)cc2)c2ccc(Cl)cc2)cc1. The van der Waals surface area contributed by atoms with Crippen LogP contribution in [0.15, 0.2) is 97.1 Å². The number of ether oxygens (including phenoxy) is 2. The van der Waals surface area contributed by atoms with Crippen LogP contribution < -0.4 is 9.47 Å². The van der Waals surface area contributed by atoms with Gasteiger partial charge in [-0.2, -0.15) is 0 Å². The van der Waals surface area contributed by atoms with E-state index in [2.05, 4.69) is 31.9 Å². The van der Waals surface area contributed by atoms with E-state index < -0.39 is 11.8 Å². The summed E-state index contributed by atoms with van der Waals surface area (Å²) < 4.78 is 10.7. The summed E-state index contributed by atoms with van der Waals surface area (Å²) in [5.74, 6) is 0.521. The molecule has 4 unspecified atom stereocenters. The number of methoxy groups -OCH3 is 2. The Labute approximate surface area is 250 Å². The number of ketones is 1. The van der Waals surface area contributed by atoms with Crippen LogP contribution in [-0.2, 0) is 4.79 Å². The zero-order valence-electron chi connectivity index (χ0n) is 20.8. The molecule has 4 aromatic carbocycles. The zero-order chi connectivity index (χ0) is 27.2. The molecule has 4 atom stereocenters. The molecule has 4 aromatic rings. The van der Waals surface area contributed by atoms with E-state index in [0.717, 1.165) is 33.8 Å². The minimum Gasteiger partial charge on any atom is -0.497 e. The first-order chi connectivity index (χ1) is 18.3. The number of carbonyl (C=O) groups excluding carboxylic acids is 1. The van der Waals surface area contributed by atoms with Crippen LogP contribution in [0.5, 0.6) is 11.5 Å². The average molecular weight is 677 g/mol. The van der Waals surface area contributed by atoms with Crippen molar-refractivity contribution in [2.45, 2.75) is 21.5 Å². The quantitative estimate of drug-likeness (QED) is 0.157. The van der Waals surface area contributed by atoms with Crippen molar-refractivity contribution in [3.63, 3.8) is 0 Å². The van der Waals surface area contributed by atoms with Gasteiger partial charge in [-0.15, -0.1) is 0 Å². The predicted octanol–water partition coefficient (Wildman–Crippen LogP) is 9.72. The Morgan fingerprint density at radius 1 is 0.553 bits per heavy atom. The lowest BCUT2D eigenvalue weighted by Gasteiger charge is -2.30. The molecule has 38 heavy (non-hydrogen) atoms. The molecule has 0 aromatic heterocycles. The van der Waals surface area contributed by atoms with E-state index in [0.29, 0.717) is 10.0 Å². The number of hydrogen-bond donors (Lipinski definition) is 0. The van der Waals surface area contributed by atoms with Crippen molar-refractivity contribution in [2.75, 3.05) is 14.2 Å². The Morgan fingerprint density at radius 2 is 0.842 bits per heavy atom. The highest BCUT2D eigenvalue weighted by atomic mass is 79.9. The predicted molar refractivity (Wildman–Crippen MR) is 163 cm³/mol. The molecule has 0 spiro atoms. The van der Waals surface area contributed by atoms with E-state index >= 15 is 0 Å². The van der Waals surface area contributed by atoms with Crippen LogP contribution in [-0.4, -0.2) is 20.0 Å². The van der Waals surface area contributed by atoms with Gasteiger partial charge in [0.15, 0.2) is 5.78 Å². The Hall–Kier alpha value is -2.31. The molecule has 196 valence electrons. The second kappa shape index (κ2) is 13.2. The van der Waals surface area contributed by atoms with Crippen LogP contribution in [0.1, 0.15) is 43.7 Å². The Morgan fingerprint density at radius 3 is 1.13 bits per heavy atom. The summed E-state index contributed by atoms with van der Waals surface area (Å²) in [4.78, 5) is 14.1. The van der Waals surface area contributed by atoms with Crippen LogP contribution >= 0.6 is 55.1 Å². The van der Waals surface area contributed by atoms with Crippen LogP contribution in [0.25, 0.3) is 0 Å². The Kier molecular flexibility index (Phi) is 9.94. The van der Waals surface area contributed by atoms with Gasteiger partial charge in [0.1, 0.15) is 11.5 Å². The number of halogens is 4. The minimum absolute atomic E-state index is 0.0463. The molecule has 4 rings (SSSR count). The van der Waals surface area contributed by atoms with Gasteiger partial charge in [-0.25, -0.2) is 0 Å². The molecule has 7 heteroatoms. The van der Waals surface area contributed by atoms with E-state index in [-0.39, 0.29) is 15.4 Å². The first-order valence-electron chi connectivity index (χ1n) is 11.9. The molecule has 0 N–H and O–H groups in total. The lowest BCUT2D eigenvalue weighted by Crippen LogP contribution is -2.26. The van der Waals surface area contributed by atoms with Crippen molar-refractivity contribution in [1.82, 2.24) is 0 Å². The summed E-state index contributed by atoms with van der Waals surface area (Å²) in [6.45, 7) is 0. The molecule has 0 bridgehead atoms. The maximum absolute atomic E-state index is 14.7. The number of rotatable bonds is 10. The molecule has 0 fully saturated rings. The van der Waals surface area contributed by atoms with Crippen molar-refractivity contribution in [1.29, 1.82) is 0 Å². The fourth-order valence-corrected chi connectivity index (χ4v) is 6.44. The van der Waals surface area contributed by atoms with Crippen molar-refractivity contribution in [2.24, 2.45) is 0 Å². The van der Waals surface area contributed by atoms with Gasteiger partial charge >= 0.3 is 0 Å². The number of hydrogen-bond acceptors (Lipinski definition) is 3. The molecule has 0 aliphatic heterocycles. The number of Topliss-reactive ketones (excluding diaryl/α,β-unsaturated/α-hetero) is 1. The van der Waals surface area contributed by atoms with Crippen LogP contribution in [0, 0.1) is 0 Å². The second-order valence-electron chi connectivity index (χ2n) is 8.81. The smallest absolute Gasteiger partial charge is 0.150 e. The monoisotopic (exact) mass is 674 g/mol. The molecule has 0 aliphatic rings. The molecule has 3 nitrogen and oxygen atoms in total. The van der Waals surface area contributed by atoms with Gasteiger partial charge in [-0.3, -0.25) is 4.79 Å². The highest BCUT2D eigenvalue weighted by molar-refractivity contribution is 9.09. The molecule has 0 aliphatic carbocycles. The fourth-order valence-electron chi connectivity index (χ4n) is 4.45. The maximum Gasteiger partial charge on any atom is 0.150 e. The Bertz CT molecular complexity index is 1240. The third kappa shape index (κ3) is 6.63. The van der Waals surface area contributed by atoms with E-state index in [4.69, 9.17) is 32.7 Å². The topological polar surface area (TPSA) is 35.5 Å². The average Bonchev–Trinajstić information content (AvgIpc) is 2.95. The minimum atomic E-state index is -0.514. The van der Waals surface area contributed by atoms with Gasteiger partial charge in [-0.05, 0) is 70.8 Å². The summed E-state index contributed by atoms with van der Waals surface area (Å²) in [6.07, 6.45) is 0. The van der Waals surface area contributed by atoms with Gasteiger partial charge < -0.3 is 9.47 Å². The summed E-state index contributed by atoms with van der Waals surface area (Å²) in [6, 6.07) is 30.4. The summed E-state index contributed by atoms with van der Waals surface area (Å²) in [5.41, 5.74) is 3.66. The highest BCUT2D eigenvalue weighted by Gasteiger charge is 2.38. The highest BCUT2D eigenvalue weighted by Crippen LogP contribution is 2.47. The van der Waals surface area contributed by atoms with Gasteiger partial charge in [-0.1, -0.05) is 104 Å². The lowest BCUT2D eigenvalue weighted by molar-refractivity contribution is -0.122. The van der Waals surface area contributed by atoms with Gasteiger partial charge in [0.25, 0.3) is 0 Å². The first kappa shape index (κ1) is 28.7. The van der Waals surface area contributed by atoms with Crippen molar-refractivity contribution < 1.29 is 14.3 Å². The molecule has 0 saturated carbocycles. The standard InChI is InChI=1S/C31H26Br2Cl2O3/c1-37-25-15-7-21(8-16-25)29(32)27(19-3-11-23(34)12-4-19)31(36)28(20-5-13-24(35)14-6-20)30(33)22-9-17-26(38-2)18-10-22/h3-18,27-30H,1-2H3. The molecule has 0 saturated heterocycles. The summed E-state index contributed by atoms with van der Waals surface area (Å²) >= 11 is 20.2. The van der Waals surface area contributed by atoms with E-state index in [9.17, 15) is 4.79 Å². The van der Waals surface area contributed by atoms with E-state index in [1.54, 1.807) is 14.2 Å². The third-order valence-corrected chi connectivity index (χ3v) is 9.14. The Balaban J connectivity index is 1.82.